The highest BCUT2D eigenvalue weighted by Gasteiger charge is 2.14. The average Bonchev–Trinajstić information content (AvgIpc) is 2.68. The zero-order valence-electron chi connectivity index (χ0n) is 15.3. The number of pyridine rings is 1. The summed E-state index contributed by atoms with van der Waals surface area (Å²) in [4.78, 5) is 15.7. The molecule has 0 aliphatic carbocycles. The number of hydrogen-bond donors (Lipinski definition) is 2. The van der Waals surface area contributed by atoms with Crippen LogP contribution in [0.3, 0.4) is 0 Å². The molecule has 146 valence electrons. The zero-order chi connectivity index (χ0) is 19.7. The van der Waals surface area contributed by atoms with Crippen LogP contribution in [0.5, 0.6) is 11.5 Å². The van der Waals surface area contributed by atoms with Gasteiger partial charge in [-0.15, -0.1) is 0 Å². The van der Waals surface area contributed by atoms with E-state index in [9.17, 15) is 13.2 Å². The van der Waals surface area contributed by atoms with E-state index in [0.29, 0.717) is 24.5 Å². The molecule has 8 nitrogen and oxygen atoms in total. The van der Waals surface area contributed by atoms with E-state index in [1.807, 2.05) is 18.2 Å². The van der Waals surface area contributed by atoms with Crippen LogP contribution in [0.25, 0.3) is 0 Å². The van der Waals surface area contributed by atoms with Crippen molar-refractivity contribution in [2.75, 3.05) is 27.3 Å². The SMILES string of the molecule is COc1ccc(CCNC(=O)CCNS(=O)(=O)c2cccnc2)cc1OC. The number of carbonyl (C=O) groups excluding carboxylic acids is 1. The maximum atomic E-state index is 12.0. The number of methoxy groups -OCH3 is 2. The van der Waals surface area contributed by atoms with E-state index in [1.165, 1.54) is 24.5 Å². The lowest BCUT2D eigenvalue weighted by atomic mass is 10.1. The third-order valence-electron chi connectivity index (χ3n) is 3.77. The van der Waals surface area contributed by atoms with Gasteiger partial charge in [0.05, 0.1) is 14.2 Å². The summed E-state index contributed by atoms with van der Waals surface area (Å²) in [5.74, 6) is 1.04. The van der Waals surface area contributed by atoms with E-state index < -0.39 is 10.0 Å². The molecule has 1 aromatic carbocycles. The first-order chi connectivity index (χ1) is 13.0. The number of amides is 1. The van der Waals surface area contributed by atoms with Crippen molar-refractivity contribution in [3.8, 4) is 11.5 Å². The molecule has 0 radical (unpaired) electrons. The lowest BCUT2D eigenvalue weighted by molar-refractivity contribution is -0.120. The highest BCUT2D eigenvalue weighted by Crippen LogP contribution is 2.27. The fourth-order valence-corrected chi connectivity index (χ4v) is 3.35. The van der Waals surface area contributed by atoms with Crippen LogP contribution in [-0.4, -0.2) is 46.6 Å². The fourth-order valence-electron chi connectivity index (χ4n) is 2.36. The molecule has 0 bridgehead atoms. The van der Waals surface area contributed by atoms with E-state index in [-0.39, 0.29) is 23.8 Å². The number of benzene rings is 1. The molecule has 1 amide bonds. The standard InChI is InChI=1S/C18H23N3O5S/c1-25-16-6-5-14(12-17(16)26-2)7-10-20-18(22)8-11-21-27(23,24)15-4-3-9-19-13-15/h3-6,9,12-13,21H,7-8,10-11H2,1-2H3,(H,20,22). The Morgan fingerprint density at radius 3 is 2.56 bits per heavy atom. The van der Waals surface area contributed by atoms with Crippen LogP contribution in [0.4, 0.5) is 0 Å². The van der Waals surface area contributed by atoms with E-state index >= 15 is 0 Å². The minimum atomic E-state index is -3.65. The largest absolute Gasteiger partial charge is 0.493 e. The molecule has 1 heterocycles. The summed E-state index contributed by atoms with van der Waals surface area (Å²) < 4.78 is 36.9. The number of carbonyl (C=O) groups is 1. The van der Waals surface area contributed by atoms with Crippen molar-refractivity contribution in [2.45, 2.75) is 17.7 Å². The molecule has 1 aromatic heterocycles. The minimum Gasteiger partial charge on any atom is -0.493 e. The molecule has 0 spiro atoms. The van der Waals surface area contributed by atoms with Gasteiger partial charge in [-0.25, -0.2) is 13.1 Å². The van der Waals surface area contributed by atoms with Crippen LogP contribution in [0, 0.1) is 0 Å². The molecule has 0 saturated heterocycles. The van der Waals surface area contributed by atoms with Gasteiger partial charge in [0.1, 0.15) is 4.90 Å². The average molecular weight is 393 g/mol. The summed E-state index contributed by atoms with van der Waals surface area (Å²) in [6.07, 6.45) is 3.41. The van der Waals surface area contributed by atoms with Gasteiger partial charge < -0.3 is 14.8 Å². The molecular formula is C18H23N3O5S. The Morgan fingerprint density at radius 1 is 1.11 bits per heavy atom. The first-order valence-corrected chi connectivity index (χ1v) is 9.82. The van der Waals surface area contributed by atoms with E-state index in [2.05, 4.69) is 15.0 Å². The van der Waals surface area contributed by atoms with Gasteiger partial charge in [0, 0.05) is 31.9 Å². The number of rotatable bonds is 10. The van der Waals surface area contributed by atoms with Crippen LogP contribution in [0.1, 0.15) is 12.0 Å². The predicted molar refractivity (Wildman–Crippen MR) is 100 cm³/mol. The summed E-state index contributed by atoms with van der Waals surface area (Å²) in [6.45, 7) is 0.448. The van der Waals surface area contributed by atoms with Crippen molar-refractivity contribution in [3.63, 3.8) is 0 Å². The molecule has 2 N–H and O–H groups in total. The zero-order valence-corrected chi connectivity index (χ0v) is 16.1. The summed E-state index contributed by atoms with van der Waals surface area (Å²) in [5.41, 5.74) is 0.991. The molecule has 9 heteroatoms. The number of ether oxygens (including phenoxy) is 2. The summed E-state index contributed by atoms with van der Waals surface area (Å²) in [6, 6.07) is 8.54. The molecule has 2 aromatic rings. The predicted octanol–water partition coefficient (Wildman–Crippen LogP) is 1.13. The van der Waals surface area contributed by atoms with Crippen LogP contribution in [0.2, 0.25) is 0 Å². The van der Waals surface area contributed by atoms with Gasteiger partial charge in [-0.05, 0) is 36.2 Å². The Kier molecular flexibility index (Phi) is 7.56. The minimum absolute atomic E-state index is 0.0133. The lowest BCUT2D eigenvalue weighted by Crippen LogP contribution is -2.31. The normalized spacial score (nSPS) is 11.0. The molecule has 27 heavy (non-hydrogen) atoms. The van der Waals surface area contributed by atoms with Gasteiger partial charge in [-0.2, -0.15) is 0 Å². The summed E-state index contributed by atoms with van der Waals surface area (Å²) >= 11 is 0. The van der Waals surface area contributed by atoms with E-state index in [1.54, 1.807) is 14.2 Å². The summed E-state index contributed by atoms with van der Waals surface area (Å²) in [7, 11) is -0.517. The van der Waals surface area contributed by atoms with Gasteiger partial charge in [0.15, 0.2) is 11.5 Å². The van der Waals surface area contributed by atoms with Crippen LogP contribution in [0.15, 0.2) is 47.6 Å². The lowest BCUT2D eigenvalue weighted by Gasteiger charge is -2.10. The monoisotopic (exact) mass is 393 g/mol. The van der Waals surface area contributed by atoms with Crippen molar-refractivity contribution in [1.29, 1.82) is 0 Å². The highest BCUT2D eigenvalue weighted by molar-refractivity contribution is 7.89. The molecule has 0 unspecified atom stereocenters. The fraction of sp³-hybridized carbons (Fsp3) is 0.333. The van der Waals surface area contributed by atoms with Crippen molar-refractivity contribution in [1.82, 2.24) is 15.0 Å². The molecule has 0 fully saturated rings. The number of aromatic nitrogens is 1. The second-order valence-corrected chi connectivity index (χ2v) is 7.39. The Bertz CT molecular complexity index is 857. The molecular weight excluding hydrogens is 370 g/mol. The highest BCUT2D eigenvalue weighted by atomic mass is 32.2. The van der Waals surface area contributed by atoms with Gasteiger partial charge >= 0.3 is 0 Å². The third-order valence-corrected chi connectivity index (χ3v) is 5.22. The molecule has 0 aliphatic rings. The van der Waals surface area contributed by atoms with Crippen molar-refractivity contribution >= 4 is 15.9 Å². The molecule has 0 atom stereocenters. The molecule has 2 rings (SSSR count). The van der Waals surface area contributed by atoms with Crippen molar-refractivity contribution in [3.05, 3.63) is 48.3 Å². The third kappa shape index (κ3) is 6.22. The van der Waals surface area contributed by atoms with Crippen molar-refractivity contribution in [2.24, 2.45) is 0 Å². The number of nitrogens with zero attached hydrogens (tertiary/aromatic N) is 1. The van der Waals surface area contributed by atoms with Gasteiger partial charge in [-0.1, -0.05) is 6.07 Å². The number of hydrogen-bond acceptors (Lipinski definition) is 6. The summed E-state index contributed by atoms with van der Waals surface area (Å²) in [5, 5.41) is 2.77. The smallest absolute Gasteiger partial charge is 0.242 e. The Labute approximate surface area is 159 Å². The van der Waals surface area contributed by atoms with Crippen LogP contribution in [-0.2, 0) is 21.2 Å². The van der Waals surface area contributed by atoms with Crippen LogP contribution < -0.4 is 19.5 Å². The second-order valence-electron chi connectivity index (χ2n) is 5.63. The Hall–Kier alpha value is -2.65. The number of sulfonamides is 1. The van der Waals surface area contributed by atoms with E-state index in [4.69, 9.17) is 9.47 Å². The maximum absolute atomic E-state index is 12.0. The quantitative estimate of drug-likeness (QED) is 0.627. The van der Waals surface area contributed by atoms with Gasteiger partial charge in [0.25, 0.3) is 0 Å². The maximum Gasteiger partial charge on any atom is 0.242 e. The Morgan fingerprint density at radius 2 is 1.89 bits per heavy atom. The van der Waals surface area contributed by atoms with Crippen LogP contribution >= 0.6 is 0 Å². The van der Waals surface area contributed by atoms with Gasteiger partial charge in [-0.3, -0.25) is 9.78 Å². The molecule has 0 saturated carbocycles. The topological polar surface area (TPSA) is 107 Å². The van der Waals surface area contributed by atoms with Crippen molar-refractivity contribution < 1.29 is 22.7 Å². The van der Waals surface area contributed by atoms with E-state index in [0.717, 1.165) is 5.56 Å². The number of nitrogens with one attached hydrogen (secondary N) is 2. The molecule has 0 aliphatic heterocycles. The Balaban J connectivity index is 1.74. The first kappa shape index (κ1) is 20.7. The second kappa shape index (κ2) is 9.89. The first-order valence-electron chi connectivity index (χ1n) is 8.33. The van der Waals surface area contributed by atoms with Gasteiger partial charge in [0.2, 0.25) is 15.9 Å².